The number of ether oxygens (including phenoxy) is 1. The molecule has 208 valence electrons. The van der Waals surface area contributed by atoms with E-state index in [1.54, 1.807) is 24.4 Å². The second-order valence-corrected chi connectivity index (χ2v) is 10.8. The van der Waals surface area contributed by atoms with Crippen molar-refractivity contribution in [2.24, 2.45) is 0 Å². The van der Waals surface area contributed by atoms with Crippen molar-refractivity contribution < 1.29 is 26.3 Å². The summed E-state index contributed by atoms with van der Waals surface area (Å²) in [5.74, 6) is -4.56. The van der Waals surface area contributed by atoms with E-state index in [9.17, 15) is 17.2 Å². The molecule has 3 N–H and O–H groups in total. The average molecular weight is 571 g/mol. The highest BCUT2D eigenvalue weighted by molar-refractivity contribution is 7.91. The fourth-order valence-corrected chi connectivity index (χ4v) is 5.43. The van der Waals surface area contributed by atoms with Crippen LogP contribution in [0, 0.1) is 17.5 Å². The lowest BCUT2D eigenvalue weighted by Gasteiger charge is -2.23. The molecular formula is C27H25F3N6O3S. The van der Waals surface area contributed by atoms with Crippen LogP contribution < -0.4 is 20.1 Å². The van der Waals surface area contributed by atoms with Crippen LogP contribution >= 0.6 is 0 Å². The number of nitrogens with one attached hydrogen (secondary N) is 3. The molecule has 1 aliphatic heterocycles. The second kappa shape index (κ2) is 11.9. The maximum absolute atomic E-state index is 15.0. The molecule has 0 bridgehead atoms. The van der Waals surface area contributed by atoms with E-state index in [1.807, 2.05) is 4.72 Å². The minimum Gasteiger partial charge on any atom is -0.435 e. The molecule has 0 unspecified atom stereocenters. The summed E-state index contributed by atoms with van der Waals surface area (Å²) in [6.45, 7) is 1.75. The Labute approximate surface area is 228 Å². The van der Waals surface area contributed by atoms with Gasteiger partial charge in [0.25, 0.3) is 0 Å². The van der Waals surface area contributed by atoms with Crippen LogP contribution in [0.3, 0.4) is 0 Å². The molecule has 0 saturated carbocycles. The standard InChI is InChI=1S/C27H25F3N6O3S/c28-20-8-2-1-5-17(20)16-40(37,38)36-22-9-10-23(25(30)24(22)29)39-26-19(7-4-13-32-26)21-11-14-33-27(35-21)34-18-6-3-12-31-15-18/h1-2,4-5,7-11,13-14,18,31,36H,3,6,12,15-16H2,(H,33,34,35)/t18-/m0/s1. The molecule has 0 radical (unpaired) electrons. The van der Waals surface area contributed by atoms with Crippen molar-refractivity contribution in [3.05, 3.63) is 90.0 Å². The first-order chi connectivity index (χ1) is 19.3. The van der Waals surface area contributed by atoms with Gasteiger partial charge in [0.1, 0.15) is 5.82 Å². The zero-order chi connectivity index (χ0) is 28.1. The molecular weight excluding hydrogens is 545 g/mol. The fraction of sp³-hybridized carbons (Fsp3) is 0.222. The second-order valence-electron chi connectivity index (χ2n) is 9.10. The third-order valence-corrected chi connectivity index (χ3v) is 7.38. The molecule has 2 aromatic heterocycles. The maximum Gasteiger partial charge on any atom is 0.237 e. The molecule has 1 atom stereocenters. The number of nitrogens with zero attached hydrogens (tertiary/aromatic N) is 3. The molecule has 3 heterocycles. The molecule has 40 heavy (non-hydrogen) atoms. The molecule has 2 aromatic carbocycles. The number of benzene rings is 2. The Kier molecular flexibility index (Phi) is 8.12. The highest BCUT2D eigenvalue weighted by Crippen LogP contribution is 2.34. The van der Waals surface area contributed by atoms with Gasteiger partial charge in [-0.05, 0) is 55.8 Å². The molecule has 0 aliphatic carbocycles. The number of piperidine rings is 1. The Hall–Kier alpha value is -4.23. The number of hydrogen-bond acceptors (Lipinski definition) is 8. The van der Waals surface area contributed by atoms with Crippen LogP contribution in [0.15, 0.2) is 67.0 Å². The Bertz CT molecular complexity index is 1620. The van der Waals surface area contributed by atoms with Gasteiger partial charge in [0.15, 0.2) is 11.6 Å². The SMILES string of the molecule is O=S(=O)(Cc1ccccc1F)Nc1ccc(Oc2ncccc2-c2ccnc(N[C@H]3CCCNC3)n2)c(F)c1F. The molecule has 1 fully saturated rings. The maximum atomic E-state index is 15.0. The van der Waals surface area contributed by atoms with Crippen LogP contribution in [0.2, 0.25) is 0 Å². The van der Waals surface area contributed by atoms with Crippen molar-refractivity contribution in [2.75, 3.05) is 23.1 Å². The number of anilines is 2. The van der Waals surface area contributed by atoms with Crippen molar-refractivity contribution in [1.82, 2.24) is 20.3 Å². The number of sulfonamides is 1. The zero-order valence-electron chi connectivity index (χ0n) is 21.1. The first-order valence-corrected chi connectivity index (χ1v) is 14.1. The molecule has 5 rings (SSSR count). The van der Waals surface area contributed by atoms with Crippen LogP contribution in [0.25, 0.3) is 11.3 Å². The predicted octanol–water partition coefficient (Wildman–Crippen LogP) is 4.85. The van der Waals surface area contributed by atoms with Gasteiger partial charge in [-0.1, -0.05) is 18.2 Å². The first kappa shape index (κ1) is 27.3. The minimum absolute atomic E-state index is 0.0438. The molecule has 13 heteroatoms. The van der Waals surface area contributed by atoms with E-state index in [-0.39, 0.29) is 17.5 Å². The van der Waals surface area contributed by atoms with E-state index >= 15 is 4.39 Å². The Morgan fingerprint density at radius 1 is 0.975 bits per heavy atom. The van der Waals surface area contributed by atoms with Crippen LogP contribution in [0.4, 0.5) is 24.8 Å². The van der Waals surface area contributed by atoms with Crippen molar-refractivity contribution in [3.8, 4) is 22.9 Å². The van der Waals surface area contributed by atoms with Gasteiger partial charge in [-0.15, -0.1) is 0 Å². The van der Waals surface area contributed by atoms with Crippen molar-refractivity contribution in [2.45, 2.75) is 24.6 Å². The van der Waals surface area contributed by atoms with E-state index in [1.165, 1.54) is 24.4 Å². The summed E-state index contributed by atoms with van der Waals surface area (Å²) < 4.78 is 76.3. The van der Waals surface area contributed by atoms with Crippen LogP contribution in [-0.4, -0.2) is 42.5 Å². The Morgan fingerprint density at radius 2 is 1.82 bits per heavy atom. The average Bonchev–Trinajstić information content (AvgIpc) is 2.95. The van der Waals surface area contributed by atoms with Gasteiger partial charge in [-0.25, -0.2) is 32.2 Å². The largest absolute Gasteiger partial charge is 0.435 e. The molecule has 4 aromatic rings. The molecule has 1 saturated heterocycles. The van der Waals surface area contributed by atoms with Crippen molar-refractivity contribution in [1.29, 1.82) is 0 Å². The normalized spacial score (nSPS) is 15.4. The summed E-state index contributed by atoms with van der Waals surface area (Å²) in [5, 5.41) is 6.60. The molecule has 9 nitrogen and oxygen atoms in total. The first-order valence-electron chi connectivity index (χ1n) is 12.4. The molecule has 1 aliphatic rings. The summed E-state index contributed by atoms with van der Waals surface area (Å²) in [4.78, 5) is 13.0. The summed E-state index contributed by atoms with van der Waals surface area (Å²) in [6, 6.07) is 12.5. The van der Waals surface area contributed by atoms with Gasteiger partial charge in [0.05, 0.1) is 22.7 Å². The summed E-state index contributed by atoms with van der Waals surface area (Å²) in [6.07, 6.45) is 5.00. The monoisotopic (exact) mass is 570 g/mol. The fourth-order valence-electron chi connectivity index (χ4n) is 4.22. The van der Waals surface area contributed by atoms with Gasteiger partial charge in [0.2, 0.25) is 27.7 Å². The van der Waals surface area contributed by atoms with E-state index in [2.05, 4.69) is 25.6 Å². The topological polar surface area (TPSA) is 118 Å². The number of aromatic nitrogens is 3. The van der Waals surface area contributed by atoms with E-state index in [0.717, 1.165) is 44.1 Å². The number of rotatable bonds is 9. The lowest BCUT2D eigenvalue weighted by molar-refractivity contribution is 0.407. The van der Waals surface area contributed by atoms with Crippen LogP contribution in [0.5, 0.6) is 11.6 Å². The van der Waals surface area contributed by atoms with Crippen molar-refractivity contribution in [3.63, 3.8) is 0 Å². The van der Waals surface area contributed by atoms with Gasteiger partial charge in [-0.2, -0.15) is 4.39 Å². The smallest absolute Gasteiger partial charge is 0.237 e. The van der Waals surface area contributed by atoms with Crippen molar-refractivity contribution >= 4 is 21.7 Å². The number of hydrogen-bond donors (Lipinski definition) is 3. The predicted molar refractivity (Wildman–Crippen MR) is 144 cm³/mol. The van der Waals surface area contributed by atoms with Gasteiger partial charge >= 0.3 is 0 Å². The lowest BCUT2D eigenvalue weighted by atomic mass is 10.1. The summed E-state index contributed by atoms with van der Waals surface area (Å²) >= 11 is 0. The van der Waals surface area contributed by atoms with Gasteiger partial charge < -0.3 is 15.4 Å². The zero-order valence-corrected chi connectivity index (χ0v) is 21.9. The molecule has 0 spiro atoms. The lowest BCUT2D eigenvalue weighted by Crippen LogP contribution is -2.38. The van der Waals surface area contributed by atoms with Gasteiger partial charge in [0, 0.05) is 30.5 Å². The Balaban J connectivity index is 1.35. The third kappa shape index (κ3) is 6.49. The highest BCUT2D eigenvalue weighted by atomic mass is 32.2. The van der Waals surface area contributed by atoms with Crippen LogP contribution in [-0.2, 0) is 15.8 Å². The number of pyridine rings is 1. The summed E-state index contributed by atoms with van der Waals surface area (Å²) in [7, 11) is -4.25. The third-order valence-electron chi connectivity index (χ3n) is 6.16. The van der Waals surface area contributed by atoms with E-state index < -0.39 is 44.7 Å². The quantitative estimate of drug-likeness (QED) is 0.261. The van der Waals surface area contributed by atoms with Gasteiger partial charge in [-0.3, -0.25) is 4.72 Å². The number of halogens is 3. The van der Waals surface area contributed by atoms with Crippen LogP contribution in [0.1, 0.15) is 18.4 Å². The van der Waals surface area contributed by atoms with E-state index in [4.69, 9.17) is 4.74 Å². The minimum atomic E-state index is -4.25. The van der Waals surface area contributed by atoms with E-state index in [0.29, 0.717) is 17.2 Å². The molecule has 0 amide bonds. The summed E-state index contributed by atoms with van der Waals surface area (Å²) in [5.41, 5.74) is 0.0927. The Morgan fingerprint density at radius 3 is 2.62 bits per heavy atom. The highest BCUT2D eigenvalue weighted by Gasteiger charge is 2.22.